The number of carboxylic acids is 1. The van der Waals surface area contributed by atoms with E-state index in [1.807, 2.05) is 95.2 Å². The molecule has 102 heavy (non-hydrogen) atoms. The Kier molecular flexibility index (Phi) is 29.3. The number of thiophene rings is 4. The van der Waals surface area contributed by atoms with Gasteiger partial charge in [-0.3, -0.25) is 33.8 Å². The van der Waals surface area contributed by atoms with Gasteiger partial charge < -0.3 is 39.3 Å². The Balaban J connectivity index is 0.000000220. The summed E-state index contributed by atoms with van der Waals surface area (Å²) in [5.41, 5.74) is 0.800. The average molecular weight is 1540 g/mol. The zero-order valence-corrected chi connectivity index (χ0v) is 67.7. The van der Waals surface area contributed by atoms with Crippen molar-refractivity contribution in [3.05, 3.63) is 67.8 Å². The highest BCUT2D eigenvalue weighted by Gasteiger charge is 2.45. The third kappa shape index (κ3) is 23.5. The second-order valence-electron chi connectivity index (χ2n) is 30.8. The van der Waals surface area contributed by atoms with E-state index in [-0.39, 0.29) is 79.9 Å². The van der Waals surface area contributed by atoms with Gasteiger partial charge in [-0.05, 0) is 206 Å². The Morgan fingerprint density at radius 1 is 0.471 bits per heavy atom. The topological polar surface area (TPSA) is 230 Å². The highest BCUT2D eigenvalue weighted by molar-refractivity contribution is 9.10. The van der Waals surface area contributed by atoms with Gasteiger partial charge in [0.2, 0.25) is 29.5 Å². The van der Waals surface area contributed by atoms with Crippen LogP contribution in [0.25, 0.3) is 0 Å². The number of carbonyl (C=O) groups is 9. The first-order valence-corrected chi connectivity index (χ1v) is 38.6. The fraction of sp³-hybridized carbons (Fsp3) is 0.577. The molecule has 4 aromatic rings. The van der Waals surface area contributed by atoms with Crippen LogP contribution in [0.1, 0.15) is 226 Å². The van der Waals surface area contributed by atoms with Crippen LogP contribution in [0.5, 0.6) is 0 Å². The lowest BCUT2D eigenvalue weighted by molar-refractivity contribution is -0.131. The molecule has 2 aliphatic carbocycles. The maximum atomic E-state index is 13.8. The molecule has 552 valence electrons. The molecule has 9 rings (SSSR count). The predicted molar refractivity (Wildman–Crippen MR) is 410 cm³/mol. The third-order valence-electron chi connectivity index (χ3n) is 17.3. The number of rotatable bonds is 12. The van der Waals surface area contributed by atoms with Gasteiger partial charge in [-0.15, -0.1) is 45.3 Å². The number of amides is 5. The molecule has 5 fully saturated rings. The summed E-state index contributed by atoms with van der Waals surface area (Å²) < 4.78 is 15.3. The smallest absolute Gasteiger partial charge is 0.350 e. The van der Waals surface area contributed by atoms with Crippen molar-refractivity contribution in [2.45, 2.75) is 186 Å². The normalized spacial score (nSPS) is 20.3. The van der Waals surface area contributed by atoms with Crippen molar-refractivity contribution in [1.29, 1.82) is 0 Å². The SMILES string of the molecule is CC1CCC(C(=O)N(c2cc(C#CC(C)(C)C)sc2C(=O)O)C2CCN(C)C2=O)CC1.COC(=O)c1sc(C#CC(C)(C)C)cc1Br.COC(=O)c1sc(C#CC(C)(C)C)cc1N(C(=O)C1CCC(C)CC1)C1CCN(C)C1=O.COC(=O)c1sc(C#CC(C)(C)C)cc1NC1CCN(C)C1=O. The lowest BCUT2D eigenvalue weighted by Gasteiger charge is -2.33. The molecule has 0 bridgehead atoms. The number of esters is 3. The van der Waals surface area contributed by atoms with Crippen molar-refractivity contribution >= 4 is 132 Å². The van der Waals surface area contributed by atoms with Gasteiger partial charge in [-0.25, -0.2) is 19.2 Å². The minimum Gasteiger partial charge on any atom is -0.477 e. The molecule has 2 saturated carbocycles. The number of ether oxygens (including phenoxy) is 3. The number of carbonyl (C=O) groups excluding carboxylic acids is 8. The molecule has 3 aliphatic heterocycles. The Bertz CT molecular complexity index is 4010. The molecule has 0 aromatic carbocycles. The van der Waals surface area contributed by atoms with Gasteiger partial charge >= 0.3 is 23.9 Å². The zero-order valence-electron chi connectivity index (χ0n) is 62.8. The second kappa shape index (κ2) is 35.8. The highest BCUT2D eigenvalue weighted by Crippen LogP contribution is 2.41. The van der Waals surface area contributed by atoms with Gasteiger partial charge in [0.15, 0.2) is 0 Å². The summed E-state index contributed by atoms with van der Waals surface area (Å²) in [6, 6.07) is 5.56. The molecule has 0 spiro atoms. The molecular formula is C78H101BrN6O13S4. The third-order valence-corrected chi connectivity index (χ3v) is 22.3. The monoisotopic (exact) mass is 1540 g/mol. The van der Waals surface area contributed by atoms with E-state index < -0.39 is 30.0 Å². The van der Waals surface area contributed by atoms with Gasteiger partial charge in [0.05, 0.1) is 57.9 Å². The van der Waals surface area contributed by atoms with Crippen molar-refractivity contribution in [3.63, 3.8) is 0 Å². The summed E-state index contributed by atoms with van der Waals surface area (Å²) in [7, 11) is 9.30. The fourth-order valence-electron chi connectivity index (χ4n) is 11.6. The summed E-state index contributed by atoms with van der Waals surface area (Å²) in [6.07, 6.45) is 8.87. The van der Waals surface area contributed by atoms with E-state index >= 15 is 0 Å². The molecule has 19 nitrogen and oxygen atoms in total. The van der Waals surface area contributed by atoms with Crippen LogP contribution in [0.15, 0.2) is 28.7 Å². The molecule has 24 heteroatoms. The summed E-state index contributed by atoms with van der Waals surface area (Å²) in [5, 5.41) is 13.0. The molecule has 3 unspecified atom stereocenters. The fourth-order valence-corrected chi connectivity index (χ4v) is 15.9. The van der Waals surface area contributed by atoms with Crippen molar-refractivity contribution < 1.29 is 62.5 Å². The number of hydrogen-bond acceptors (Lipinski definition) is 17. The molecule has 2 N–H and O–H groups in total. The predicted octanol–water partition coefficient (Wildman–Crippen LogP) is 14.8. The quantitative estimate of drug-likeness (QED) is 0.0764. The minimum absolute atomic E-state index is 0.0364. The van der Waals surface area contributed by atoms with Crippen LogP contribution in [0.4, 0.5) is 17.1 Å². The number of methoxy groups -OCH3 is 3. The van der Waals surface area contributed by atoms with E-state index in [4.69, 9.17) is 9.47 Å². The summed E-state index contributed by atoms with van der Waals surface area (Å²) in [6.45, 7) is 30.5. The lowest BCUT2D eigenvalue weighted by Crippen LogP contribution is -2.48. The average Bonchev–Trinajstić information content (AvgIpc) is 1.61. The number of aromatic carboxylic acids is 1. The molecule has 4 aromatic heterocycles. The summed E-state index contributed by atoms with van der Waals surface area (Å²) in [5.74, 6) is 23.1. The number of nitrogens with zero attached hydrogens (tertiary/aromatic N) is 5. The molecule has 5 amide bonds. The zero-order chi connectivity index (χ0) is 76.1. The molecule has 0 radical (unpaired) electrons. The first-order valence-electron chi connectivity index (χ1n) is 34.5. The molecule has 7 heterocycles. The van der Waals surface area contributed by atoms with Gasteiger partial charge in [-0.1, -0.05) is 61.2 Å². The van der Waals surface area contributed by atoms with E-state index in [9.17, 15) is 48.3 Å². The summed E-state index contributed by atoms with van der Waals surface area (Å²) in [4.78, 5) is 126. The molecule has 3 atom stereocenters. The number of likely N-dealkylation sites (N-methyl/N-ethyl adjacent to an activating group) is 3. The van der Waals surface area contributed by atoms with Crippen LogP contribution in [-0.2, 0) is 38.2 Å². The van der Waals surface area contributed by atoms with Gasteiger partial charge in [0.25, 0.3) is 0 Å². The van der Waals surface area contributed by atoms with Gasteiger partial charge in [0.1, 0.15) is 37.6 Å². The number of carboxylic acid groups (broad SMARTS) is 1. The number of likely N-dealkylation sites (tertiary alicyclic amines) is 3. The highest BCUT2D eigenvalue weighted by atomic mass is 79.9. The minimum atomic E-state index is -1.10. The number of anilines is 3. The summed E-state index contributed by atoms with van der Waals surface area (Å²) >= 11 is 8.23. The van der Waals surface area contributed by atoms with Crippen molar-refractivity contribution in [2.75, 3.05) is 77.2 Å². The van der Waals surface area contributed by atoms with Gasteiger partial charge in [0, 0.05) is 78.7 Å². The Hall–Kier alpha value is -7.45. The van der Waals surface area contributed by atoms with E-state index in [0.29, 0.717) is 85.8 Å². The van der Waals surface area contributed by atoms with E-state index in [1.165, 1.54) is 60.2 Å². The van der Waals surface area contributed by atoms with Crippen LogP contribution in [0.3, 0.4) is 0 Å². The number of nitrogens with one attached hydrogen (secondary N) is 1. The van der Waals surface area contributed by atoms with Crippen LogP contribution >= 0.6 is 61.3 Å². The van der Waals surface area contributed by atoms with Crippen molar-refractivity contribution in [2.24, 2.45) is 45.3 Å². The van der Waals surface area contributed by atoms with E-state index in [1.54, 1.807) is 52.9 Å². The van der Waals surface area contributed by atoms with Crippen molar-refractivity contribution in [3.8, 4) is 47.4 Å². The van der Waals surface area contributed by atoms with E-state index in [0.717, 1.165) is 83.4 Å². The van der Waals surface area contributed by atoms with Crippen LogP contribution in [0.2, 0.25) is 0 Å². The number of hydrogen-bond donors (Lipinski definition) is 2. The van der Waals surface area contributed by atoms with Crippen molar-refractivity contribution in [1.82, 2.24) is 14.7 Å². The molecular weight excluding hydrogens is 1440 g/mol. The molecule has 3 saturated heterocycles. The van der Waals surface area contributed by atoms with Crippen LogP contribution in [0, 0.1) is 92.7 Å². The first kappa shape index (κ1) is 83.5. The Morgan fingerprint density at radius 3 is 1.15 bits per heavy atom. The maximum absolute atomic E-state index is 13.8. The Morgan fingerprint density at radius 2 is 0.794 bits per heavy atom. The van der Waals surface area contributed by atoms with Gasteiger partial charge in [-0.2, -0.15) is 0 Å². The van der Waals surface area contributed by atoms with E-state index in [2.05, 4.69) is 87.2 Å². The standard InChI is InChI=1S/C25H34N2O4S.C24H32N2O4S.C17H22N2O3S.C12H13BrO2S/c1-16-7-9-17(10-8-16)22(28)27(19-12-14-26(5)23(19)29)20-15-18(11-13-25(2,3)4)32-21(20)24(30)31-6;1-15-6-8-16(9-7-15)21(27)26(18-11-13-25(5)22(18)28)19-14-17(10-12-24(2,3)4)31-20(19)23(29)30;1-17(2,3)8-6-11-10-13(14(23-11)16(21)22-5)18-12-7-9-19(4)15(12)20;1-12(2,3)6-5-8-7-9(13)10(16-8)11(14)15-4/h15-17,19H,7-10,12,14H2,1-6H3;14-16,18H,6-9,11,13H2,1-5H3,(H,29,30);10,12,18H,7,9H2,1-5H3;7H,1-4H3. The number of halogens is 1. The lowest BCUT2D eigenvalue weighted by atomic mass is 9.82. The molecule has 5 aliphatic rings. The maximum Gasteiger partial charge on any atom is 0.350 e. The second-order valence-corrected chi connectivity index (χ2v) is 35.8. The largest absolute Gasteiger partial charge is 0.477 e. The van der Waals surface area contributed by atoms with Crippen LogP contribution in [-0.4, -0.2) is 153 Å². The van der Waals surface area contributed by atoms with Crippen LogP contribution < -0.4 is 15.1 Å². The Labute approximate surface area is 628 Å². The first-order chi connectivity index (χ1) is 47.5.